The molecule has 1 amide bonds. The number of benzene rings is 1. The van der Waals surface area contributed by atoms with Crippen molar-refractivity contribution in [2.45, 2.75) is 19.8 Å². The zero-order valence-corrected chi connectivity index (χ0v) is 10.4. The van der Waals surface area contributed by atoms with Crippen molar-refractivity contribution in [3.8, 4) is 0 Å². The maximum atomic E-state index is 13.0. The average Bonchev–Trinajstić information content (AvgIpc) is 2.29. The quantitative estimate of drug-likeness (QED) is 0.811. The first kappa shape index (κ1) is 14.2. The van der Waals surface area contributed by atoms with Crippen molar-refractivity contribution >= 4 is 11.9 Å². The van der Waals surface area contributed by atoms with E-state index < -0.39 is 18.3 Å². The first-order chi connectivity index (χ1) is 8.40. The van der Waals surface area contributed by atoms with Crippen LogP contribution in [0.15, 0.2) is 18.2 Å². The van der Waals surface area contributed by atoms with Gasteiger partial charge in [0.2, 0.25) is 5.91 Å². The van der Waals surface area contributed by atoms with E-state index in [1.807, 2.05) is 0 Å². The lowest BCUT2D eigenvalue weighted by Crippen LogP contribution is -2.30. The van der Waals surface area contributed by atoms with Crippen molar-refractivity contribution in [3.05, 3.63) is 35.1 Å². The molecule has 1 N–H and O–H groups in total. The molecule has 0 unspecified atom stereocenters. The van der Waals surface area contributed by atoms with Crippen LogP contribution in [0.5, 0.6) is 0 Å². The summed E-state index contributed by atoms with van der Waals surface area (Å²) >= 11 is 0. The molecule has 0 atom stereocenters. The molecule has 0 aliphatic heterocycles. The van der Waals surface area contributed by atoms with Gasteiger partial charge in [-0.25, -0.2) is 4.39 Å². The van der Waals surface area contributed by atoms with Gasteiger partial charge in [-0.1, -0.05) is 12.1 Å². The van der Waals surface area contributed by atoms with Gasteiger partial charge in [-0.2, -0.15) is 0 Å². The number of carboxylic acids is 1. The molecule has 98 valence electrons. The lowest BCUT2D eigenvalue weighted by atomic mass is 10.1. The molecule has 0 aliphatic carbocycles. The van der Waals surface area contributed by atoms with Gasteiger partial charge >= 0.3 is 5.97 Å². The smallest absolute Gasteiger partial charge is 0.312 e. The molecule has 0 spiro atoms. The standard InChI is InChI=1S/C13H16FNO3/c1-9-7-10(3-4-11(9)14)5-6-15(2)12(16)8-13(17)18/h3-4,7H,5-6,8H2,1-2H3,(H,17,18). The molecule has 1 aromatic carbocycles. The third kappa shape index (κ3) is 4.16. The summed E-state index contributed by atoms with van der Waals surface area (Å²) in [5.74, 6) is -1.82. The second-order valence-electron chi connectivity index (χ2n) is 4.22. The van der Waals surface area contributed by atoms with Crippen LogP contribution in [0, 0.1) is 12.7 Å². The molecule has 0 fully saturated rings. The van der Waals surface area contributed by atoms with Crippen LogP contribution in [0.2, 0.25) is 0 Å². The van der Waals surface area contributed by atoms with E-state index in [0.717, 1.165) is 5.56 Å². The molecule has 0 saturated heterocycles. The SMILES string of the molecule is Cc1cc(CCN(C)C(=O)CC(=O)O)ccc1F. The van der Waals surface area contributed by atoms with Crippen LogP contribution in [0.25, 0.3) is 0 Å². The number of likely N-dealkylation sites (N-methyl/N-ethyl adjacent to an activating group) is 1. The van der Waals surface area contributed by atoms with Gasteiger partial charge < -0.3 is 10.0 Å². The zero-order valence-electron chi connectivity index (χ0n) is 10.4. The summed E-state index contributed by atoms with van der Waals surface area (Å²) in [6, 6.07) is 4.78. The monoisotopic (exact) mass is 253 g/mol. The number of aryl methyl sites for hydroxylation is 1. The Bertz CT molecular complexity index is 460. The first-order valence-electron chi connectivity index (χ1n) is 5.61. The topological polar surface area (TPSA) is 57.6 Å². The van der Waals surface area contributed by atoms with Crippen LogP contribution in [0.1, 0.15) is 17.5 Å². The maximum absolute atomic E-state index is 13.0. The molecular weight excluding hydrogens is 237 g/mol. The van der Waals surface area contributed by atoms with E-state index in [2.05, 4.69) is 0 Å². The molecule has 18 heavy (non-hydrogen) atoms. The summed E-state index contributed by atoms with van der Waals surface area (Å²) in [4.78, 5) is 23.1. The lowest BCUT2D eigenvalue weighted by molar-refractivity contribution is -0.143. The predicted molar refractivity (Wildman–Crippen MR) is 64.7 cm³/mol. The summed E-state index contributed by atoms with van der Waals surface area (Å²) < 4.78 is 13.0. The molecule has 0 aliphatic rings. The summed E-state index contributed by atoms with van der Waals surface area (Å²) in [7, 11) is 1.56. The summed E-state index contributed by atoms with van der Waals surface area (Å²) in [5.41, 5.74) is 1.48. The number of halogens is 1. The Morgan fingerprint density at radius 3 is 2.61 bits per heavy atom. The zero-order chi connectivity index (χ0) is 13.7. The van der Waals surface area contributed by atoms with Gasteiger partial charge in [0.05, 0.1) is 0 Å². The highest BCUT2D eigenvalue weighted by atomic mass is 19.1. The first-order valence-corrected chi connectivity index (χ1v) is 5.61. The Labute approximate surface area is 105 Å². The molecule has 0 radical (unpaired) electrons. The Kier molecular flexibility index (Phi) is 4.83. The van der Waals surface area contributed by atoms with Crippen LogP contribution in [-0.2, 0) is 16.0 Å². The molecule has 0 bridgehead atoms. The fraction of sp³-hybridized carbons (Fsp3) is 0.385. The van der Waals surface area contributed by atoms with Crippen molar-refractivity contribution < 1.29 is 19.1 Å². The largest absolute Gasteiger partial charge is 0.481 e. The molecule has 1 aromatic rings. The van der Waals surface area contributed by atoms with Gasteiger partial charge in [0.25, 0.3) is 0 Å². The molecule has 0 aromatic heterocycles. The minimum absolute atomic E-state index is 0.256. The van der Waals surface area contributed by atoms with Crippen molar-refractivity contribution in [2.24, 2.45) is 0 Å². The Morgan fingerprint density at radius 2 is 2.06 bits per heavy atom. The van der Waals surface area contributed by atoms with E-state index in [1.165, 1.54) is 11.0 Å². The second-order valence-corrected chi connectivity index (χ2v) is 4.22. The molecule has 4 nitrogen and oxygen atoms in total. The van der Waals surface area contributed by atoms with Crippen LogP contribution in [-0.4, -0.2) is 35.5 Å². The van der Waals surface area contributed by atoms with Crippen LogP contribution in [0.3, 0.4) is 0 Å². The van der Waals surface area contributed by atoms with Crippen LogP contribution in [0.4, 0.5) is 4.39 Å². The van der Waals surface area contributed by atoms with E-state index in [-0.39, 0.29) is 5.82 Å². The van der Waals surface area contributed by atoms with Gasteiger partial charge in [0, 0.05) is 13.6 Å². The number of carbonyl (C=O) groups excluding carboxylic acids is 1. The number of carbonyl (C=O) groups is 2. The number of amides is 1. The Hall–Kier alpha value is -1.91. The average molecular weight is 253 g/mol. The van der Waals surface area contributed by atoms with Crippen molar-refractivity contribution in [1.82, 2.24) is 4.90 Å². The fourth-order valence-corrected chi connectivity index (χ4v) is 1.55. The molecule has 0 saturated carbocycles. The number of hydrogen-bond acceptors (Lipinski definition) is 2. The highest BCUT2D eigenvalue weighted by molar-refractivity contribution is 5.93. The maximum Gasteiger partial charge on any atom is 0.312 e. The number of hydrogen-bond donors (Lipinski definition) is 1. The Morgan fingerprint density at radius 1 is 1.39 bits per heavy atom. The van der Waals surface area contributed by atoms with Crippen molar-refractivity contribution in [3.63, 3.8) is 0 Å². The number of nitrogens with zero attached hydrogens (tertiary/aromatic N) is 1. The second kappa shape index (κ2) is 6.14. The van der Waals surface area contributed by atoms with Gasteiger partial charge in [0.1, 0.15) is 12.2 Å². The Balaban J connectivity index is 2.51. The summed E-state index contributed by atoms with van der Waals surface area (Å²) in [5, 5.41) is 8.50. The van der Waals surface area contributed by atoms with E-state index >= 15 is 0 Å². The van der Waals surface area contributed by atoms with Crippen molar-refractivity contribution in [1.29, 1.82) is 0 Å². The molecule has 5 heteroatoms. The van der Waals surface area contributed by atoms with E-state index in [1.54, 1.807) is 26.1 Å². The van der Waals surface area contributed by atoms with E-state index in [4.69, 9.17) is 5.11 Å². The highest BCUT2D eigenvalue weighted by Gasteiger charge is 2.12. The summed E-state index contributed by atoms with van der Waals surface area (Å²) in [6.45, 7) is 2.09. The summed E-state index contributed by atoms with van der Waals surface area (Å²) in [6.07, 6.45) is 0.0714. The van der Waals surface area contributed by atoms with Gasteiger partial charge in [0.15, 0.2) is 0 Å². The molecular formula is C13H16FNO3. The fourth-order valence-electron chi connectivity index (χ4n) is 1.55. The minimum atomic E-state index is -1.13. The van der Waals surface area contributed by atoms with Gasteiger partial charge in [-0.3, -0.25) is 9.59 Å². The minimum Gasteiger partial charge on any atom is -0.481 e. The van der Waals surface area contributed by atoms with E-state index in [9.17, 15) is 14.0 Å². The third-order valence-electron chi connectivity index (χ3n) is 2.69. The third-order valence-corrected chi connectivity index (χ3v) is 2.69. The number of carboxylic acid groups (broad SMARTS) is 1. The predicted octanol–water partition coefficient (Wildman–Crippen LogP) is 1.61. The van der Waals surface area contributed by atoms with Crippen LogP contribution < -0.4 is 0 Å². The number of rotatable bonds is 5. The highest BCUT2D eigenvalue weighted by Crippen LogP contribution is 2.10. The van der Waals surface area contributed by atoms with E-state index in [0.29, 0.717) is 18.5 Å². The van der Waals surface area contributed by atoms with Crippen LogP contribution >= 0.6 is 0 Å². The van der Waals surface area contributed by atoms with Gasteiger partial charge in [-0.05, 0) is 30.5 Å². The normalized spacial score (nSPS) is 10.2. The van der Waals surface area contributed by atoms with Gasteiger partial charge in [-0.15, -0.1) is 0 Å². The molecule has 1 rings (SSSR count). The number of aliphatic carboxylic acids is 1. The molecule has 0 heterocycles. The lowest BCUT2D eigenvalue weighted by Gasteiger charge is -2.16. The van der Waals surface area contributed by atoms with Crippen molar-refractivity contribution in [2.75, 3.05) is 13.6 Å².